The van der Waals surface area contributed by atoms with Gasteiger partial charge in [0.2, 0.25) is 5.88 Å². The largest absolute Gasteiger partial charge is 0.439 e. The first-order chi connectivity index (χ1) is 14.8. The Morgan fingerprint density at radius 3 is 2.80 bits per heavy atom. The predicted molar refractivity (Wildman–Crippen MR) is 120 cm³/mol. The molecule has 3 aromatic heterocycles. The smallest absolute Gasteiger partial charge is 0.219 e. The van der Waals surface area contributed by atoms with Gasteiger partial charge in [0.15, 0.2) is 0 Å². The number of nitrogens with one attached hydrogen (secondary N) is 1. The van der Waals surface area contributed by atoms with Gasteiger partial charge in [-0.25, -0.2) is 9.97 Å². The molecule has 2 atom stereocenters. The van der Waals surface area contributed by atoms with Gasteiger partial charge in [-0.05, 0) is 42.0 Å². The van der Waals surface area contributed by atoms with E-state index in [9.17, 15) is 0 Å². The summed E-state index contributed by atoms with van der Waals surface area (Å²) >= 11 is 0. The topological polar surface area (TPSA) is 64.9 Å². The molecule has 6 nitrogen and oxygen atoms in total. The third kappa shape index (κ3) is 4.15. The lowest BCUT2D eigenvalue weighted by Crippen LogP contribution is -2.25. The van der Waals surface area contributed by atoms with Crippen LogP contribution in [-0.4, -0.2) is 25.1 Å². The zero-order valence-electron chi connectivity index (χ0n) is 16.1. The van der Waals surface area contributed by atoms with Crippen LogP contribution in [0.25, 0.3) is 17.3 Å². The second-order valence-electron chi connectivity index (χ2n) is 6.84. The molecule has 1 aliphatic rings. The summed E-state index contributed by atoms with van der Waals surface area (Å²) in [6.45, 7) is 0.746. The molecule has 30 heavy (non-hydrogen) atoms. The number of pyridine rings is 2. The van der Waals surface area contributed by atoms with E-state index in [1.807, 2.05) is 67.1 Å². The van der Waals surface area contributed by atoms with Crippen molar-refractivity contribution in [2.24, 2.45) is 0 Å². The summed E-state index contributed by atoms with van der Waals surface area (Å²) < 4.78 is 8.11. The summed E-state index contributed by atoms with van der Waals surface area (Å²) in [6, 6.07) is 17.8. The number of nitrogens with zero attached hydrogens (tertiary/aromatic N) is 4. The summed E-state index contributed by atoms with van der Waals surface area (Å²) in [6.07, 6.45) is 11.6. The van der Waals surface area contributed by atoms with Crippen LogP contribution in [0, 0.1) is 0 Å². The van der Waals surface area contributed by atoms with Crippen LogP contribution in [0.3, 0.4) is 0 Å². The van der Waals surface area contributed by atoms with Gasteiger partial charge in [0, 0.05) is 45.5 Å². The average Bonchev–Trinajstić information content (AvgIpc) is 3.23. The maximum Gasteiger partial charge on any atom is 0.219 e. The maximum absolute atomic E-state index is 5.84. The SMILES string of the molecule is C1=CC(NCc2cccc(Oc3ccccn3)c2)Pn2c(-c3ccncc3)cnc21. The number of fused-ring (bicyclic) bond motifs is 1. The Bertz CT molecular complexity index is 1160. The van der Waals surface area contributed by atoms with E-state index >= 15 is 0 Å². The van der Waals surface area contributed by atoms with Gasteiger partial charge in [-0.15, -0.1) is 0 Å². The minimum atomic E-state index is 0.243. The lowest BCUT2D eigenvalue weighted by Gasteiger charge is -2.22. The highest BCUT2D eigenvalue weighted by Gasteiger charge is 2.18. The lowest BCUT2D eigenvalue weighted by molar-refractivity contribution is 0.462. The van der Waals surface area contributed by atoms with Crippen LogP contribution in [0.5, 0.6) is 11.6 Å². The molecule has 1 N–H and O–H groups in total. The molecule has 0 fully saturated rings. The Hall–Kier alpha value is -3.34. The fourth-order valence-corrected chi connectivity index (χ4v) is 4.54. The number of hydrogen-bond acceptors (Lipinski definition) is 5. The zero-order valence-corrected chi connectivity index (χ0v) is 17.1. The summed E-state index contributed by atoms with van der Waals surface area (Å²) in [4.78, 5) is 12.9. The van der Waals surface area contributed by atoms with Gasteiger partial charge in [-0.2, -0.15) is 0 Å². The van der Waals surface area contributed by atoms with E-state index in [2.05, 4.69) is 42.8 Å². The summed E-state index contributed by atoms with van der Waals surface area (Å²) in [5.41, 5.74) is 3.41. The normalized spacial score (nSPS) is 15.8. The van der Waals surface area contributed by atoms with Crippen LogP contribution in [0.4, 0.5) is 0 Å². The highest BCUT2D eigenvalue weighted by Crippen LogP contribution is 2.35. The second kappa shape index (κ2) is 8.57. The minimum Gasteiger partial charge on any atom is -0.439 e. The van der Waals surface area contributed by atoms with Crippen molar-refractivity contribution in [3.63, 3.8) is 0 Å². The van der Waals surface area contributed by atoms with Gasteiger partial charge in [-0.3, -0.25) is 4.98 Å². The molecule has 0 spiro atoms. The number of rotatable bonds is 6. The van der Waals surface area contributed by atoms with Crippen LogP contribution in [0.1, 0.15) is 11.4 Å². The number of benzene rings is 1. The fraction of sp³-hybridized carbons (Fsp3) is 0.0870. The number of hydrogen-bond donors (Lipinski definition) is 1. The predicted octanol–water partition coefficient (Wildman–Crippen LogP) is 4.72. The van der Waals surface area contributed by atoms with Crippen molar-refractivity contribution in [1.82, 2.24) is 24.6 Å². The zero-order chi connectivity index (χ0) is 20.2. The van der Waals surface area contributed by atoms with Crippen molar-refractivity contribution in [2.45, 2.75) is 12.3 Å². The van der Waals surface area contributed by atoms with Gasteiger partial charge >= 0.3 is 0 Å². The van der Waals surface area contributed by atoms with Crippen molar-refractivity contribution in [3.05, 3.63) is 96.8 Å². The molecule has 0 saturated carbocycles. The van der Waals surface area contributed by atoms with Crippen molar-refractivity contribution in [2.75, 3.05) is 0 Å². The van der Waals surface area contributed by atoms with Crippen LogP contribution >= 0.6 is 8.73 Å². The Labute approximate surface area is 176 Å². The summed E-state index contributed by atoms with van der Waals surface area (Å²) in [7, 11) is 0.534. The molecule has 7 heteroatoms. The molecule has 5 rings (SSSR count). The molecule has 148 valence electrons. The monoisotopic (exact) mass is 413 g/mol. The Morgan fingerprint density at radius 2 is 1.93 bits per heavy atom. The third-order valence-corrected chi connectivity index (χ3v) is 6.16. The summed E-state index contributed by atoms with van der Waals surface area (Å²) in [5, 5.41) is 3.63. The van der Waals surface area contributed by atoms with Crippen molar-refractivity contribution in [3.8, 4) is 22.9 Å². The number of imidazole rings is 1. The first-order valence-electron chi connectivity index (χ1n) is 9.69. The van der Waals surface area contributed by atoms with Crippen LogP contribution < -0.4 is 10.1 Å². The fourth-order valence-electron chi connectivity index (χ4n) is 3.30. The molecular formula is C23H20N5OP. The minimum absolute atomic E-state index is 0.243. The van der Waals surface area contributed by atoms with E-state index in [-0.39, 0.29) is 5.78 Å². The van der Waals surface area contributed by atoms with E-state index in [0.29, 0.717) is 14.6 Å². The van der Waals surface area contributed by atoms with Crippen LogP contribution in [0.2, 0.25) is 0 Å². The first-order valence-corrected chi connectivity index (χ1v) is 10.7. The second-order valence-corrected chi connectivity index (χ2v) is 8.16. The molecule has 0 radical (unpaired) electrons. The Kier molecular flexibility index (Phi) is 5.34. The van der Waals surface area contributed by atoms with E-state index in [4.69, 9.17) is 4.74 Å². The van der Waals surface area contributed by atoms with Gasteiger partial charge in [0.05, 0.1) is 17.7 Å². The molecule has 4 aromatic rings. The Morgan fingerprint density at radius 1 is 1.00 bits per heavy atom. The van der Waals surface area contributed by atoms with Crippen molar-refractivity contribution >= 4 is 14.8 Å². The van der Waals surface area contributed by atoms with Crippen molar-refractivity contribution < 1.29 is 4.74 Å². The molecule has 4 heterocycles. The van der Waals surface area contributed by atoms with Crippen LogP contribution in [-0.2, 0) is 6.54 Å². The Balaban J connectivity index is 1.25. The van der Waals surface area contributed by atoms with Crippen molar-refractivity contribution in [1.29, 1.82) is 0 Å². The molecular weight excluding hydrogens is 393 g/mol. The number of ether oxygens (including phenoxy) is 1. The first kappa shape index (κ1) is 18.7. The average molecular weight is 413 g/mol. The number of aromatic nitrogens is 4. The molecule has 0 amide bonds. The molecule has 0 aliphatic carbocycles. The van der Waals surface area contributed by atoms with E-state index < -0.39 is 0 Å². The van der Waals surface area contributed by atoms with Gasteiger partial charge in [0.25, 0.3) is 0 Å². The molecule has 0 bridgehead atoms. The standard InChI is InChI=1S/C23H20N5OP/c1-2-11-25-22(6-1)29-19-5-3-4-17(14-19)15-27-23-8-7-21-26-16-20(28(21)30-23)18-9-12-24-13-10-18/h1-14,16,23,27,30H,15H2. The van der Waals surface area contributed by atoms with E-state index in [1.54, 1.807) is 6.20 Å². The lowest BCUT2D eigenvalue weighted by atomic mass is 10.2. The molecule has 2 unspecified atom stereocenters. The third-order valence-electron chi connectivity index (χ3n) is 4.76. The van der Waals surface area contributed by atoms with E-state index in [0.717, 1.165) is 34.9 Å². The molecule has 1 aliphatic heterocycles. The quantitative estimate of drug-likeness (QED) is 0.464. The van der Waals surface area contributed by atoms with Crippen LogP contribution in [0.15, 0.2) is 85.5 Å². The highest BCUT2D eigenvalue weighted by molar-refractivity contribution is 7.37. The maximum atomic E-state index is 5.84. The molecule has 0 saturated heterocycles. The van der Waals surface area contributed by atoms with Gasteiger partial charge in [0.1, 0.15) is 11.6 Å². The van der Waals surface area contributed by atoms with Gasteiger partial charge < -0.3 is 14.4 Å². The molecule has 1 aromatic carbocycles. The summed E-state index contributed by atoms with van der Waals surface area (Å²) in [5.74, 6) is 2.61. The van der Waals surface area contributed by atoms with Gasteiger partial charge in [-0.1, -0.05) is 24.3 Å². The van der Waals surface area contributed by atoms with E-state index in [1.165, 1.54) is 0 Å². The highest BCUT2D eigenvalue weighted by atomic mass is 31.1.